The van der Waals surface area contributed by atoms with Gasteiger partial charge in [-0.15, -0.1) is 11.6 Å². The highest BCUT2D eigenvalue weighted by atomic mass is 35.5. The van der Waals surface area contributed by atoms with Gasteiger partial charge in [0.25, 0.3) is 0 Å². The molecule has 1 aromatic carbocycles. The lowest BCUT2D eigenvalue weighted by molar-refractivity contribution is -0.153. The van der Waals surface area contributed by atoms with Gasteiger partial charge in [0.15, 0.2) is 0 Å². The lowest BCUT2D eigenvalue weighted by atomic mass is 9.95. The largest absolute Gasteiger partial charge is 0.496 e. The van der Waals surface area contributed by atoms with Crippen LogP contribution in [0.2, 0.25) is 0 Å². The molecule has 0 spiro atoms. The van der Waals surface area contributed by atoms with Gasteiger partial charge in [-0.05, 0) is 56.4 Å². The molecule has 1 aromatic rings. The Morgan fingerprint density at radius 3 is 2.54 bits per heavy atom. The number of nitrogens with zero attached hydrogens (tertiary/aromatic N) is 1. The Labute approximate surface area is 147 Å². The first kappa shape index (κ1) is 18.6. The summed E-state index contributed by atoms with van der Waals surface area (Å²) in [7, 11) is 1.64. The minimum absolute atomic E-state index is 0.152. The van der Waals surface area contributed by atoms with Crippen molar-refractivity contribution < 1.29 is 19.1 Å². The number of ether oxygens (including phenoxy) is 2. The average molecular weight is 354 g/mol. The van der Waals surface area contributed by atoms with Gasteiger partial charge in [0.2, 0.25) is 5.91 Å². The summed E-state index contributed by atoms with van der Waals surface area (Å²) in [4.78, 5) is 26.2. The van der Waals surface area contributed by atoms with Crippen LogP contribution in [0, 0.1) is 13.8 Å². The predicted octanol–water partition coefficient (Wildman–Crippen LogP) is 3.15. The van der Waals surface area contributed by atoms with Gasteiger partial charge in [-0.2, -0.15) is 0 Å². The molecule has 0 bridgehead atoms. The maximum Gasteiger partial charge on any atom is 0.328 e. The maximum atomic E-state index is 12.4. The smallest absolute Gasteiger partial charge is 0.328 e. The molecule has 0 N–H and O–H groups in total. The molecule has 24 heavy (non-hydrogen) atoms. The molecule has 2 atom stereocenters. The van der Waals surface area contributed by atoms with E-state index in [1.165, 1.54) is 0 Å². The SMILES string of the molecule is CCOC(=O)[C@@H]1CCC(c2ccc(OC)c(C)c2C)N1C(=O)CCl. The first-order valence-corrected chi connectivity index (χ1v) is 8.67. The number of hydrogen-bond donors (Lipinski definition) is 0. The number of likely N-dealkylation sites (tertiary alicyclic amines) is 1. The summed E-state index contributed by atoms with van der Waals surface area (Å²) in [5.41, 5.74) is 3.13. The van der Waals surface area contributed by atoms with Crippen LogP contribution < -0.4 is 4.74 Å². The molecule has 132 valence electrons. The Morgan fingerprint density at radius 2 is 1.96 bits per heavy atom. The summed E-state index contributed by atoms with van der Waals surface area (Å²) in [5, 5.41) is 0. The van der Waals surface area contributed by atoms with Gasteiger partial charge in [0, 0.05) is 0 Å². The zero-order valence-corrected chi connectivity index (χ0v) is 15.4. The number of esters is 1. The van der Waals surface area contributed by atoms with Gasteiger partial charge in [-0.3, -0.25) is 4.79 Å². The van der Waals surface area contributed by atoms with E-state index in [0.29, 0.717) is 19.4 Å². The van der Waals surface area contributed by atoms with Crippen molar-refractivity contribution in [1.82, 2.24) is 4.90 Å². The van der Waals surface area contributed by atoms with Gasteiger partial charge in [0.1, 0.15) is 17.7 Å². The number of carbonyl (C=O) groups excluding carboxylic acids is 2. The van der Waals surface area contributed by atoms with Crippen LogP contribution in [-0.2, 0) is 14.3 Å². The van der Waals surface area contributed by atoms with Crippen LogP contribution >= 0.6 is 11.6 Å². The molecule has 2 rings (SSSR count). The molecule has 1 heterocycles. The van der Waals surface area contributed by atoms with Crippen molar-refractivity contribution in [2.45, 2.75) is 45.7 Å². The summed E-state index contributed by atoms with van der Waals surface area (Å²) in [5.74, 6) is 0.0542. The number of amides is 1. The van der Waals surface area contributed by atoms with Crippen molar-refractivity contribution in [1.29, 1.82) is 0 Å². The molecule has 0 aromatic heterocycles. The lowest BCUT2D eigenvalue weighted by Gasteiger charge is -2.30. The fourth-order valence-electron chi connectivity index (χ4n) is 3.40. The summed E-state index contributed by atoms with van der Waals surface area (Å²) in [6.45, 7) is 6.05. The highest BCUT2D eigenvalue weighted by Crippen LogP contribution is 2.40. The number of halogens is 1. The van der Waals surface area contributed by atoms with E-state index < -0.39 is 6.04 Å². The van der Waals surface area contributed by atoms with Crippen molar-refractivity contribution in [3.63, 3.8) is 0 Å². The monoisotopic (exact) mass is 353 g/mol. The van der Waals surface area contributed by atoms with Crippen molar-refractivity contribution >= 4 is 23.5 Å². The Bertz CT molecular complexity index is 632. The number of benzene rings is 1. The minimum atomic E-state index is -0.567. The third-order valence-electron chi connectivity index (χ3n) is 4.70. The van der Waals surface area contributed by atoms with E-state index >= 15 is 0 Å². The van der Waals surface area contributed by atoms with Crippen LogP contribution in [0.4, 0.5) is 0 Å². The predicted molar refractivity (Wildman–Crippen MR) is 92.4 cm³/mol. The second-order valence-electron chi connectivity index (χ2n) is 5.90. The number of carbonyl (C=O) groups is 2. The molecular weight excluding hydrogens is 330 g/mol. The Balaban J connectivity index is 2.40. The molecule has 5 nitrogen and oxygen atoms in total. The minimum Gasteiger partial charge on any atom is -0.496 e. The van der Waals surface area contributed by atoms with Crippen molar-refractivity contribution in [2.24, 2.45) is 0 Å². The summed E-state index contributed by atoms with van der Waals surface area (Å²) >= 11 is 5.79. The van der Waals surface area contributed by atoms with Crippen LogP contribution in [0.15, 0.2) is 12.1 Å². The molecule has 0 aliphatic carbocycles. The highest BCUT2D eigenvalue weighted by molar-refractivity contribution is 6.27. The average Bonchev–Trinajstić information content (AvgIpc) is 3.01. The van der Waals surface area contributed by atoms with Crippen LogP contribution in [0.3, 0.4) is 0 Å². The summed E-state index contributed by atoms with van der Waals surface area (Å²) in [6.07, 6.45) is 1.29. The van der Waals surface area contributed by atoms with E-state index in [0.717, 1.165) is 22.4 Å². The van der Waals surface area contributed by atoms with E-state index in [2.05, 4.69) is 0 Å². The highest BCUT2D eigenvalue weighted by Gasteiger charge is 2.42. The molecule has 1 fully saturated rings. The third-order valence-corrected chi connectivity index (χ3v) is 4.93. The Morgan fingerprint density at radius 1 is 1.25 bits per heavy atom. The number of hydrogen-bond acceptors (Lipinski definition) is 4. The number of rotatable bonds is 5. The first-order valence-electron chi connectivity index (χ1n) is 8.14. The fourth-order valence-corrected chi connectivity index (χ4v) is 3.54. The fraction of sp³-hybridized carbons (Fsp3) is 0.556. The molecule has 1 saturated heterocycles. The molecular formula is C18H24ClNO4. The standard InChI is InChI=1S/C18H24ClNO4/c1-5-24-18(22)15-8-7-14(20(15)17(21)10-19)13-6-9-16(23-4)12(3)11(13)2/h6,9,14-15H,5,7-8,10H2,1-4H3/t14?,15-/m0/s1. The first-order chi connectivity index (χ1) is 11.5. The number of alkyl halides is 1. The van der Waals surface area contributed by atoms with Gasteiger partial charge >= 0.3 is 5.97 Å². The second-order valence-corrected chi connectivity index (χ2v) is 6.17. The Kier molecular flexibility index (Phi) is 6.10. The Hall–Kier alpha value is -1.75. The molecule has 1 amide bonds. The van der Waals surface area contributed by atoms with Gasteiger partial charge < -0.3 is 14.4 Å². The number of methoxy groups -OCH3 is 1. The molecule has 0 saturated carbocycles. The second kappa shape index (κ2) is 7.88. The van der Waals surface area contributed by atoms with Crippen LogP contribution in [-0.4, -0.2) is 42.4 Å². The molecule has 1 aliphatic heterocycles. The van der Waals surface area contributed by atoms with E-state index in [-0.39, 0.29) is 23.8 Å². The topological polar surface area (TPSA) is 55.8 Å². The quantitative estimate of drug-likeness (QED) is 0.602. The van der Waals surface area contributed by atoms with Gasteiger partial charge in [-0.25, -0.2) is 4.79 Å². The maximum absolute atomic E-state index is 12.4. The van der Waals surface area contributed by atoms with Gasteiger partial charge in [0.05, 0.1) is 19.8 Å². The summed E-state index contributed by atoms with van der Waals surface area (Å²) < 4.78 is 10.5. The van der Waals surface area contributed by atoms with Crippen molar-refractivity contribution in [3.8, 4) is 5.75 Å². The zero-order valence-electron chi connectivity index (χ0n) is 14.6. The van der Waals surface area contributed by atoms with E-state index in [1.807, 2.05) is 26.0 Å². The van der Waals surface area contributed by atoms with Crippen LogP contribution in [0.5, 0.6) is 5.75 Å². The molecule has 0 radical (unpaired) electrons. The normalized spacial score (nSPS) is 20.1. The van der Waals surface area contributed by atoms with E-state index in [1.54, 1.807) is 18.9 Å². The van der Waals surface area contributed by atoms with Crippen molar-refractivity contribution in [2.75, 3.05) is 19.6 Å². The molecule has 1 aliphatic rings. The summed E-state index contributed by atoms with van der Waals surface area (Å²) in [6, 6.07) is 3.13. The molecule has 1 unspecified atom stereocenters. The van der Waals surface area contributed by atoms with E-state index in [4.69, 9.17) is 21.1 Å². The third kappa shape index (κ3) is 3.36. The van der Waals surface area contributed by atoms with Gasteiger partial charge in [-0.1, -0.05) is 6.07 Å². The van der Waals surface area contributed by atoms with Crippen molar-refractivity contribution in [3.05, 3.63) is 28.8 Å². The molecule has 6 heteroatoms. The van der Waals surface area contributed by atoms with E-state index in [9.17, 15) is 9.59 Å². The van der Waals surface area contributed by atoms with Crippen LogP contribution in [0.25, 0.3) is 0 Å². The zero-order chi connectivity index (χ0) is 17.9. The van der Waals surface area contributed by atoms with Crippen LogP contribution in [0.1, 0.15) is 42.5 Å². The lowest BCUT2D eigenvalue weighted by Crippen LogP contribution is -2.43.